The SMILES string of the molecule is CN(Cc1nc2ccccc2s1)C(=O)C1CCCN1C(=O)OC(C)(C)C. The van der Waals surface area contributed by atoms with Gasteiger partial charge in [0.25, 0.3) is 0 Å². The van der Waals surface area contributed by atoms with Gasteiger partial charge in [-0.15, -0.1) is 11.3 Å². The number of rotatable bonds is 3. The molecule has 1 unspecified atom stereocenters. The van der Waals surface area contributed by atoms with Gasteiger partial charge in [-0.05, 0) is 45.7 Å². The van der Waals surface area contributed by atoms with Crippen molar-refractivity contribution in [3.8, 4) is 0 Å². The number of hydrogen-bond donors (Lipinski definition) is 0. The van der Waals surface area contributed by atoms with E-state index in [0.29, 0.717) is 19.5 Å². The molecule has 1 aromatic carbocycles. The number of nitrogens with zero attached hydrogens (tertiary/aromatic N) is 3. The number of para-hydroxylation sites is 1. The third-order valence-electron chi connectivity index (χ3n) is 4.25. The van der Waals surface area contributed by atoms with Crippen molar-refractivity contribution in [2.24, 2.45) is 0 Å². The van der Waals surface area contributed by atoms with Gasteiger partial charge in [-0.1, -0.05) is 12.1 Å². The third kappa shape index (κ3) is 4.15. The van der Waals surface area contributed by atoms with Crippen LogP contribution < -0.4 is 0 Å². The molecule has 0 spiro atoms. The first-order valence-corrected chi connectivity index (χ1v) is 9.65. The molecule has 1 saturated heterocycles. The average molecular weight is 375 g/mol. The second-order valence-electron chi connectivity index (χ2n) is 7.60. The zero-order chi connectivity index (χ0) is 18.9. The average Bonchev–Trinajstić information content (AvgIpc) is 3.18. The van der Waals surface area contributed by atoms with E-state index >= 15 is 0 Å². The highest BCUT2D eigenvalue weighted by Crippen LogP contribution is 2.25. The van der Waals surface area contributed by atoms with Gasteiger partial charge < -0.3 is 9.64 Å². The Bertz CT molecular complexity index is 779. The highest BCUT2D eigenvalue weighted by Gasteiger charge is 2.38. The molecule has 2 aromatic rings. The van der Waals surface area contributed by atoms with E-state index in [1.165, 1.54) is 0 Å². The molecule has 6 nitrogen and oxygen atoms in total. The monoisotopic (exact) mass is 375 g/mol. The molecule has 0 aliphatic carbocycles. The van der Waals surface area contributed by atoms with E-state index in [0.717, 1.165) is 21.6 Å². The number of amides is 2. The maximum absolute atomic E-state index is 12.9. The number of carbonyl (C=O) groups excluding carboxylic acids is 2. The lowest BCUT2D eigenvalue weighted by Gasteiger charge is -2.30. The van der Waals surface area contributed by atoms with Crippen LogP contribution in [-0.4, -0.2) is 52.0 Å². The van der Waals surface area contributed by atoms with Gasteiger partial charge in [-0.2, -0.15) is 0 Å². The topological polar surface area (TPSA) is 62.7 Å². The lowest BCUT2D eigenvalue weighted by Crippen LogP contribution is -2.47. The van der Waals surface area contributed by atoms with E-state index in [1.807, 2.05) is 45.0 Å². The normalized spacial score (nSPS) is 17.5. The summed E-state index contributed by atoms with van der Waals surface area (Å²) in [6.45, 7) is 6.49. The standard InChI is InChI=1S/C19H25N3O3S/c1-19(2,3)25-18(24)22-11-7-9-14(22)17(23)21(4)12-16-20-13-8-5-6-10-15(13)26-16/h5-6,8,10,14H,7,9,11-12H2,1-4H3. The molecule has 1 atom stereocenters. The largest absolute Gasteiger partial charge is 0.444 e. The molecule has 0 bridgehead atoms. The summed E-state index contributed by atoms with van der Waals surface area (Å²) in [5.74, 6) is -0.0624. The number of fused-ring (bicyclic) bond motifs is 1. The summed E-state index contributed by atoms with van der Waals surface area (Å²) in [4.78, 5) is 33.1. The first-order valence-electron chi connectivity index (χ1n) is 8.83. The van der Waals surface area contributed by atoms with Crippen LogP contribution in [0.25, 0.3) is 10.2 Å². The number of hydrogen-bond acceptors (Lipinski definition) is 5. The van der Waals surface area contributed by atoms with Crippen molar-refractivity contribution >= 4 is 33.6 Å². The lowest BCUT2D eigenvalue weighted by molar-refractivity contribution is -0.135. The Morgan fingerprint density at radius 2 is 2.08 bits per heavy atom. The Hall–Kier alpha value is -2.15. The summed E-state index contributed by atoms with van der Waals surface area (Å²) in [6, 6.07) is 7.48. The first-order chi connectivity index (χ1) is 12.2. The van der Waals surface area contributed by atoms with Crippen molar-refractivity contribution in [3.05, 3.63) is 29.3 Å². The number of carbonyl (C=O) groups is 2. The highest BCUT2D eigenvalue weighted by atomic mass is 32.1. The predicted octanol–water partition coefficient (Wildman–Crippen LogP) is 3.65. The van der Waals surface area contributed by atoms with Crippen molar-refractivity contribution < 1.29 is 14.3 Å². The Balaban J connectivity index is 1.67. The second kappa shape index (κ2) is 7.23. The predicted molar refractivity (Wildman–Crippen MR) is 102 cm³/mol. The third-order valence-corrected chi connectivity index (χ3v) is 5.27. The van der Waals surface area contributed by atoms with E-state index in [4.69, 9.17) is 4.74 Å². The lowest BCUT2D eigenvalue weighted by atomic mass is 10.2. The Morgan fingerprint density at radius 1 is 1.35 bits per heavy atom. The molecule has 3 rings (SSSR count). The van der Waals surface area contributed by atoms with Crippen LogP contribution in [0.5, 0.6) is 0 Å². The van der Waals surface area contributed by atoms with E-state index in [2.05, 4.69) is 4.98 Å². The fourth-order valence-corrected chi connectivity index (χ4v) is 4.11. The quantitative estimate of drug-likeness (QED) is 0.821. The van der Waals surface area contributed by atoms with Crippen molar-refractivity contribution in [1.82, 2.24) is 14.8 Å². The zero-order valence-electron chi connectivity index (χ0n) is 15.7. The fourth-order valence-electron chi connectivity index (χ4n) is 3.09. The molecular formula is C19H25N3O3S. The number of benzene rings is 1. The second-order valence-corrected chi connectivity index (χ2v) is 8.72. The summed E-state index contributed by atoms with van der Waals surface area (Å²) in [7, 11) is 1.76. The Kier molecular flexibility index (Phi) is 5.18. The molecule has 0 radical (unpaired) electrons. The minimum atomic E-state index is -0.569. The number of aromatic nitrogens is 1. The van der Waals surface area contributed by atoms with Crippen LogP contribution in [0.1, 0.15) is 38.6 Å². The van der Waals surface area contributed by atoms with Crippen LogP contribution in [0.4, 0.5) is 4.79 Å². The van der Waals surface area contributed by atoms with Gasteiger partial charge in [0.05, 0.1) is 16.8 Å². The molecule has 1 aliphatic heterocycles. The first kappa shape index (κ1) is 18.6. The summed E-state index contributed by atoms with van der Waals surface area (Å²) in [5, 5.41) is 0.892. The molecule has 2 amide bonds. The maximum atomic E-state index is 12.9. The van der Waals surface area contributed by atoms with E-state index in [1.54, 1.807) is 28.2 Å². The van der Waals surface area contributed by atoms with Crippen molar-refractivity contribution in [1.29, 1.82) is 0 Å². The molecule has 1 fully saturated rings. The van der Waals surface area contributed by atoms with E-state index in [9.17, 15) is 9.59 Å². The van der Waals surface area contributed by atoms with Gasteiger partial charge in [0.15, 0.2) is 0 Å². The van der Waals surface area contributed by atoms with Crippen LogP contribution in [0.3, 0.4) is 0 Å². The van der Waals surface area contributed by atoms with Crippen molar-refractivity contribution in [2.45, 2.75) is 51.8 Å². The molecule has 1 aliphatic rings. The fraction of sp³-hybridized carbons (Fsp3) is 0.526. The minimum Gasteiger partial charge on any atom is -0.444 e. The molecule has 1 aromatic heterocycles. The Labute approximate surface area is 157 Å². The number of likely N-dealkylation sites (N-methyl/N-ethyl adjacent to an activating group) is 1. The zero-order valence-corrected chi connectivity index (χ0v) is 16.5. The molecule has 2 heterocycles. The van der Waals surface area contributed by atoms with E-state index < -0.39 is 17.7 Å². The molecule has 0 saturated carbocycles. The summed E-state index contributed by atoms with van der Waals surface area (Å²) in [5.41, 5.74) is 0.379. The van der Waals surface area contributed by atoms with Crippen LogP contribution in [0, 0.1) is 0 Å². The van der Waals surface area contributed by atoms with Crippen LogP contribution in [0.2, 0.25) is 0 Å². The van der Waals surface area contributed by atoms with Crippen LogP contribution >= 0.6 is 11.3 Å². The molecule has 26 heavy (non-hydrogen) atoms. The van der Waals surface area contributed by atoms with Crippen LogP contribution in [0.15, 0.2) is 24.3 Å². The number of likely N-dealkylation sites (tertiary alicyclic amines) is 1. The number of ether oxygens (including phenoxy) is 1. The smallest absolute Gasteiger partial charge is 0.410 e. The van der Waals surface area contributed by atoms with Crippen LogP contribution in [-0.2, 0) is 16.1 Å². The summed E-state index contributed by atoms with van der Waals surface area (Å²) in [6.07, 6.45) is 1.06. The highest BCUT2D eigenvalue weighted by molar-refractivity contribution is 7.18. The minimum absolute atomic E-state index is 0.0624. The Morgan fingerprint density at radius 3 is 2.77 bits per heavy atom. The summed E-state index contributed by atoms with van der Waals surface area (Å²) < 4.78 is 6.56. The van der Waals surface area contributed by atoms with Gasteiger partial charge in [-0.25, -0.2) is 9.78 Å². The van der Waals surface area contributed by atoms with Crippen molar-refractivity contribution in [2.75, 3.05) is 13.6 Å². The van der Waals surface area contributed by atoms with Gasteiger partial charge >= 0.3 is 6.09 Å². The van der Waals surface area contributed by atoms with Gasteiger partial charge in [0.1, 0.15) is 16.7 Å². The van der Waals surface area contributed by atoms with E-state index in [-0.39, 0.29) is 5.91 Å². The van der Waals surface area contributed by atoms with Crippen molar-refractivity contribution in [3.63, 3.8) is 0 Å². The van der Waals surface area contributed by atoms with Gasteiger partial charge in [0, 0.05) is 13.6 Å². The maximum Gasteiger partial charge on any atom is 0.410 e. The van der Waals surface area contributed by atoms with Gasteiger partial charge in [0.2, 0.25) is 5.91 Å². The molecule has 0 N–H and O–H groups in total. The van der Waals surface area contributed by atoms with Gasteiger partial charge in [-0.3, -0.25) is 9.69 Å². The summed E-state index contributed by atoms with van der Waals surface area (Å²) >= 11 is 1.59. The number of thiazole rings is 1. The molecular weight excluding hydrogens is 350 g/mol. The molecule has 7 heteroatoms. The molecule has 140 valence electrons.